The van der Waals surface area contributed by atoms with Gasteiger partial charge in [0.05, 0.1) is 24.5 Å². The fraction of sp³-hybridized carbons (Fsp3) is 0.387. The number of benzene rings is 2. The van der Waals surface area contributed by atoms with Crippen LogP contribution in [0.15, 0.2) is 66.9 Å². The summed E-state index contributed by atoms with van der Waals surface area (Å²) in [4.78, 5) is 21.9. The SMILES string of the molecule is COc1ccccc1-c1ccc2cnc(Nc3ccc(C4CCN(C(=O)C5CCN(C)CC5)CC4)cc3)nn12. The molecule has 2 saturated heterocycles. The van der Waals surface area contributed by atoms with E-state index >= 15 is 0 Å². The molecule has 0 radical (unpaired) electrons. The van der Waals surface area contributed by atoms with Crippen molar-refractivity contribution in [3.05, 3.63) is 72.4 Å². The van der Waals surface area contributed by atoms with Crippen molar-refractivity contribution < 1.29 is 9.53 Å². The maximum Gasteiger partial charge on any atom is 0.245 e. The third-order valence-electron chi connectivity index (χ3n) is 8.29. The smallest absolute Gasteiger partial charge is 0.245 e. The number of nitrogens with zero attached hydrogens (tertiary/aromatic N) is 5. The van der Waals surface area contributed by atoms with Crippen LogP contribution in [0.2, 0.25) is 0 Å². The number of hydrogen-bond acceptors (Lipinski definition) is 6. The molecule has 1 N–H and O–H groups in total. The molecule has 2 aliphatic heterocycles. The highest BCUT2D eigenvalue weighted by atomic mass is 16.5. The molecule has 4 aromatic rings. The summed E-state index contributed by atoms with van der Waals surface area (Å²) in [5, 5.41) is 8.11. The van der Waals surface area contributed by atoms with Crippen LogP contribution in [0.4, 0.5) is 11.6 Å². The lowest BCUT2D eigenvalue weighted by molar-refractivity contribution is -0.138. The quantitative estimate of drug-likeness (QED) is 0.374. The van der Waals surface area contributed by atoms with Gasteiger partial charge in [0.1, 0.15) is 5.75 Å². The molecule has 4 heterocycles. The van der Waals surface area contributed by atoms with Crippen LogP contribution < -0.4 is 10.1 Å². The number of aromatic nitrogens is 3. The van der Waals surface area contributed by atoms with E-state index in [2.05, 4.69) is 51.4 Å². The van der Waals surface area contributed by atoms with Gasteiger partial charge in [-0.25, -0.2) is 9.50 Å². The molecule has 2 aromatic carbocycles. The fourth-order valence-electron chi connectivity index (χ4n) is 5.93. The number of rotatable bonds is 6. The number of amides is 1. The Bertz CT molecular complexity index is 1430. The predicted molar refractivity (Wildman–Crippen MR) is 153 cm³/mol. The van der Waals surface area contributed by atoms with Gasteiger partial charge in [-0.05, 0) is 93.7 Å². The van der Waals surface area contributed by atoms with Crippen molar-refractivity contribution in [2.24, 2.45) is 5.92 Å². The molecule has 202 valence electrons. The molecule has 6 rings (SSSR count). The van der Waals surface area contributed by atoms with Gasteiger partial charge < -0.3 is 19.9 Å². The van der Waals surface area contributed by atoms with Crippen molar-refractivity contribution in [3.63, 3.8) is 0 Å². The number of methoxy groups -OCH3 is 1. The number of piperidine rings is 2. The molecule has 1 amide bonds. The van der Waals surface area contributed by atoms with Crippen molar-refractivity contribution in [2.75, 3.05) is 45.7 Å². The molecule has 8 heteroatoms. The summed E-state index contributed by atoms with van der Waals surface area (Å²) in [6, 6.07) is 20.6. The molecule has 2 aliphatic rings. The van der Waals surface area contributed by atoms with Crippen molar-refractivity contribution in [1.29, 1.82) is 0 Å². The van der Waals surface area contributed by atoms with Crippen molar-refractivity contribution in [2.45, 2.75) is 31.6 Å². The van der Waals surface area contributed by atoms with E-state index in [-0.39, 0.29) is 5.92 Å². The van der Waals surface area contributed by atoms with Crippen LogP contribution in [0.1, 0.15) is 37.2 Å². The Labute approximate surface area is 229 Å². The lowest BCUT2D eigenvalue weighted by Gasteiger charge is -2.36. The van der Waals surface area contributed by atoms with Gasteiger partial charge in [0.25, 0.3) is 0 Å². The molecule has 0 saturated carbocycles. The molecule has 0 unspecified atom stereocenters. The van der Waals surface area contributed by atoms with E-state index < -0.39 is 0 Å². The largest absolute Gasteiger partial charge is 0.496 e. The molecule has 2 aromatic heterocycles. The first kappa shape index (κ1) is 25.4. The predicted octanol–water partition coefficient (Wildman–Crippen LogP) is 5.20. The van der Waals surface area contributed by atoms with Crippen LogP contribution in [-0.2, 0) is 4.79 Å². The van der Waals surface area contributed by atoms with Gasteiger partial charge in [-0.15, -0.1) is 5.10 Å². The van der Waals surface area contributed by atoms with Gasteiger partial charge in [0.15, 0.2) is 0 Å². The maximum atomic E-state index is 13.0. The number of carbonyl (C=O) groups is 1. The van der Waals surface area contributed by atoms with E-state index in [1.807, 2.05) is 47.1 Å². The van der Waals surface area contributed by atoms with Gasteiger partial charge in [-0.2, -0.15) is 0 Å². The Morgan fingerprint density at radius 3 is 2.41 bits per heavy atom. The van der Waals surface area contributed by atoms with Gasteiger partial charge >= 0.3 is 0 Å². The highest BCUT2D eigenvalue weighted by Crippen LogP contribution is 2.32. The van der Waals surface area contributed by atoms with Crippen molar-refractivity contribution in [1.82, 2.24) is 24.4 Å². The van der Waals surface area contributed by atoms with Crippen LogP contribution in [0.3, 0.4) is 0 Å². The molecule has 0 atom stereocenters. The molecule has 0 spiro atoms. The van der Waals surface area contributed by atoms with Crippen LogP contribution >= 0.6 is 0 Å². The second kappa shape index (κ2) is 11.1. The van der Waals surface area contributed by atoms with Crippen LogP contribution in [0.5, 0.6) is 5.75 Å². The number of para-hydroxylation sites is 1. The second-order valence-electron chi connectivity index (χ2n) is 10.8. The summed E-state index contributed by atoms with van der Waals surface area (Å²) in [6.07, 6.45) is 5.84. The number of likely N-dealkylation sites (tertiary alicyclic amines) is 2. The van der Waals surface area contributed by atoms with Crippen LogP contribution in [0.25, 0.3) is 16.8 Å². The number of nitrogens with one attached hydrogen (secondary N) is 1. The Hall–Kier alpha value is -3.91. The van der Waals surface area contributed by atoms with Crippen LogP contribution in [-0.4, -0.2) is 70.6 Å². The van der Waals surface area contributed by atoms with Crippen LogP contribution in [0, 0.1) is 5.92 Å². The molecular formula is C31H36N6O2. The lowest BCUT2D eigenvalue weighted by Crippen LogP contribution is -2.44. The average molecular weight is 525 g/mol. The van der Waals surface area contributed by atoms with Gasteiger partial charge in [0, 0.05) is 30.3 Å². The number of hydrogen-bond donors (Lipinski definition) is 1. The summed E-state index contributed by atoms with van der Waals surface area (Å²) < 4.78 is 7.45. The number of ether oxygens (including phenoxy) is 1. The summed E-state index contributed by atoms with van der Waals surface area (Å²) in [5.74, 6) is 2.40. The van der Waals surface area contributed by atoms with Crippen molar-refractivity contribution >= 4 is 23.1 Å². The summed E-state index contributed by atoms with van der Waals surface area (Å²) in [5.41, 5.74) is 5.11. The fourth-order valence-corrected chi connectivity index (χ4v) is 5.93. The molecule has 0 bridgehead atoms. The van der Waals surface area contributed by atoms with Crippen molar-refractivity contribution in [3.8, 4) is 17.0 Å². The minimum atomic E-state index is 0.210. The van der Waals surface area contributed by atoms with E-state index in [9.17, 15) is 4.79 Å². The monoisotopic (exact) mass is 524 g/mol. The van der Waals surface area contributed by atoms with Gasteiger partial charge in [-0.1, -0.05) is 24.3 Å². The van der Waals surface area contributed by atoms with E-state index in [1.54, 1.807) is 7.11 Å². The third-order valence-corrected chi connectivity index (χ3v) is 8.29. The zero-order valence-electron chi connectivity index (χ0n) is 22.7. The normalized spacial score (nSPS) is 17.4. The Morgan fingerprint density at radius 2 is 1.67 bits per heavy atom. The van der Waals surface area contributed by atoms with E-state index in [1.165, 1.54) is 5.56 Å². The molecule has 2 fully saturated rings. The molecule has 0 aliphatic carbocycles. The lowest BCUT2D eigenvalue weighted by atomic mass is 9.88. The average Bonchev–Trinajstić information content (AvgIpc) is 3.41. The van der Waals surface area contributed by atoms with Gasteiger partial charge in [-0.3, -0.25) is 4.79 Å². The summed E-state index contributed by atoms with van der Waals surface area (Å²) >= 11 is 0. The van der Waals surface area contributed by atoms with E-state index in [0.717, 1.165) is 80.1 Å². The first-order chi connectivity index (χ1) is 19.1. The number of carbonyl (C=O) groups excluding carboxylic acids is 1. The minimum Gasteiger partial charge on any atom is -0.496 e. The molecular weight excluding hydrogens is 488 g/mol. The van der Waals surface area contributed by atoms with Gasteiger partial charge in [0.2, 0.25) is 11.9 Å². The first-order valence-electron chi connectivity index (χ1n) is 13.9. The summed E-state index contributed by atoms with van der Waals surface area (Å²) in [7, 11) is 3.82. The maximum absolute atomic E-state index is 13.0. The molecule has 39 heavy (non-hydrogen) atoms. The highest BCUT2D eigenvalue weighted by Gasteiger charge is 2.30. The Morgan fingerprint density at radius 1 is 0.923 bits per heavy atom. The summed E-state index contributed by atoms with van der Waals surface area (Å²) in [6.45, 7) is 3.77. The second-order valence-corrected chi connectivity index (χ2v) is 10.8. The number of anilines is 2. The first-order valence-corrected chi connectivity index (χ1v) is 13.9. The Balaban J connectivity index is 1.10. The topological polar surface area (TPSA) is 75.0 Å². The highest BCUT2D eigenvalue weighted by molar-refractivity contribution is 5.79. The third kappa shape index (κ3) is 5.34. The zero-order chi connectivity index (χ0) is 26.8. The zero-order valence-corrected chi connectivity index (χ0v) is 22.7. The number of fused-ring (bicyclic) bond motifs is 1. The van der Waals surface area contributed by atoms with E-state index in [0.29, 0.717) is 17.8 Å². The Kier molecular flexibility index (Phi) is 7.20. The standard InChI is InChI=1S/C31H36N6O2/c1-35-17-13-24(14-18-35)30(38)36-19-15-23(16-20-36)22-7-9-25(10-8-22)33-31-32-21-26-11-12-28(37(26)34-31)27-5-3-4-6-29(27)39-2/h3-12,21,23-24H,13-20H2,1-2H3,(H,33,34). The van der Waals surface area contributed by atoms with E-state index in [4.69, 9.17) is 9.84 Å². The minimum absolute atomic E-state index is 0.210. The molecule has 8 nitrogen and oxygen atoms in total.